The summed E-state index contributed by atoms with van der Waals surface area (Å²) in [5.74, 6) is 0.915. The fraction of sp³-hybridized carbons (Fsp3) is 0.647. The van der Waals surface area contributed by atoms with Crippen molar-refractivity contribution in [3.05, 3.63) is 29.8 Å². The second kappa shape index (κ2) is 9.03. The molecule has 0 bridgehead atoms. The van der Waals surface area contributed by atoms with Gasteiger partial charge in [-0.25, -0.2) is 0 Å². The van der Waals surface area contributed by atoms with Gasteiger partial charge in [-0.05, 0) is 43.4 Å². The fourth-order valence-corrected chi connectivity index (χ4v) is 2.68. The van der Waals surface area contributed by atoms with Crippen LogP contribution in [0.3, 0.4) is 0 Å². The van der Waals surface area contributed by atoms with E-state index in [0.717, 1.165) is 49.9 Å². The lowest BCUT2D eigenvalue weighted by molar-refractivity contribution is 0.109. The predicted molar refractivity (Wildman–Crippen MR) is 85.4 cm³/mol. The first kappa shape index (κ1) is 16.3. The zero-order chi connectivity index (χ0) is 14.9. The Bertz CT molecular complexity index is 390. The van der Waals surface area contributed by atoms with Crippen LogP contribution in [-0.4, -0.2) is 42.4 Å². The van der Waals surface area contributed by atoms with Crippen molar-refractivity contribution in [2.45, 2.75) is 44.7 Å². The van der Waals surface area contributed by atoms with E-state index in [2.05, 4.69) is 4.90 Å². The Labute approximate surface area is 127 Å². The molecular formula is C17H28N2O2. The zero-order valence-electron chi connectivity index (χ0n) is 12.8. The van der Waals surface area contributed by atoms with Crippen LogP contribution in [0.1, 0.15) is 37.7 Å². The van der Waals surface area contributed by atoms with Crippen molar-refractivity contribution >= 4 is 0 Å². The molecule has 0 atom stereocenters. The van der Waals surface area contributed by atoms with E-state index in [4.69, 9.17) is 15.6 Å². The first-order valence-electron chi connectivity index (χ1n) is 8.10. The molecule has 0 heterocycles. The normalized spacial score (nSPS) is 15.2. The van der Waals surface area contributed by atoms with E-state index in [-0.39, 0.29) is 6.61 Å². The van der Waals surface area contributed by atoms with Gasteiger partial charge in [0.25, 0.3) is 0 Å². The van der Waals surface area contributed by atoms with Crippen LogP contribution < -0.4 is 10.5 Å². The Balaban J connectivity index is 1.66. The number of nitrogens with zero attached hydrogens (tertiary/aromatic N) is 1. The molecule has 0 aliphatic heterocycles. The van der Waals surface area contributed by atoms with Gasteiger partial charge in [0.1, 0.15) is 5.75 Å². The quantitative estimate of drug-likeness (QED) is 0.649. The molecule has 0 saturated heterocycles. The maximum atomic E-state index is 8.99. The molecule has 1 aromatic carbocycles. The van der Waals surface area contributed by atoms with Crippen molar-refractivity contribution in [1.29, 1.82) is 0 Å². The molecule has 0 unspecified atom stereocenters. The standard InChI is InChI=1S/C17H28N2O2/c18-14-15-6-8-17(9-7-15)21-13-3-11-19(10-2-12-20)16-4-1-5-16/h6-9,16,20H,1-5,10-14,18H2. The van der Waals surface area contributed by atoms with Crippen LogP contribution in [0.4, 0.5) is 0 Å². The maximum Gasteiger partial charge on any atom is 0.119 e. The molecule has 0 radical (unpaired) electrons. The molecule has 2 rings (SSSR count). The summed E-state index contributed by atoms with van der Waals surface area (Å²) >= 11 is 0. The van der Waals surface area contributed by atoms with Crippen LogP contribution in [0, 0.1) is 0 Å². The molecular weight excluding hydrogens is 264 g/mol. The number of hydrogen-bond acceptors (Lipinski definition) is 4. The van der Waals surface area contributed by atoms with Gasteiger partial charge in [0.2, 0.25) is 0 Å². The number of benzene rings is 1. The smallest absolute Gasteiger partial charge is 0.119 e. The van der Waals surface area contributed by atoms with E-state index in [1.807, 2.05) is 24.3 Å². The minimum atomic E-state index is 0.285. The van der Waals surface area contributed by atoms with Crippen LogP contribution in [0.15, 0.2) is 24.3 Å². The Kier molecular flexibility index (Phi) is 7.00. The van der Waals surface area contributed by atoms with Crippen LogP contribution in [0.2, 0.25) is 0 Å². The molecule has 0 spiro atoms. The van der Waals surface area contributed by atoms with Crippen molar-refractivity contribution in [1.82, 2.24) is 4.90 Å². The summed E-state index contributed by atoms with van der Waals surface area (Å²) in [6, 6.07) is 8.73. The third kappa shape index (κ3) is 5.30. The summed E-state index contributed by atoms with van der Waals surface area (Å²) in [4.78, 5) is 2.51. The largest absolute Gasteiger partial charge is 0.494 e. The Hall–Kier alpha value is -1.10. The van der Waals surface area contributed by atoms with Crippen LogP contribution in [0.25, 0.3) is 0 Å². The van der Waals surface area contributed by atoms with E-state index in [1.54, 1.807) is 0 Å². The third-order valence-corrected chi connectivity index (χ3v) is 4.21. The maximum absolute atomic E-state index is 8.99. The summed E-state index contributed by atoms with van der Waals surface area (Å²) in [6.45, 7) is 3.66. The lowest BCUT2D eigenvalue weighted by atomic mass is 9.91. The van der Waals surface area contributed by atoms with Crippen LogP contribution in [-0.2, 0) is 6.54 Å². The molecule has 1 aliphatic rings. The monoisotopic (exact) mass is 292 g/mol. The van der Waals surface area contributed by atoms with Gasteiger partial charge in [-0.15, -0.1) is 0 Å². The lowest BCUT2D eigenvalue weighted by Gasteiger charge is -2.37. The SMILES string of the molecule is NCc1ccc(OCCCN(CCCO)C2CCC2)cc1. The van der Waals surface area contributed by atoms with Gasteiger partial charge < -0.3 is 20.5 Å². The summed E-state index contributed by atoms with van der Waals surface area (Å²) in [5, 5.41) is 8.99. The fourth-order valence-electron chi connectivity index (χ4n) is 2.68. The molecule has 0 amide bonds. The van der Waals surface area contributed by atoms with Crippen LogP contribution >= 0.6 is 0 Å². The van der Waals surface area contributed by atoms with E-state index in [1.165, 1.54) is 19.3 Å². The predicted octanol–water partition coefficient (Wildman–Crippen LogP) is 2.15. The van der Waals surface area contributed by atoms with E-state index < -0.39 is 0 Å². The second-order valence-electron chi connectivity index (χ2n) is 5.75. The van der Waals surface area contributed by atoms with Gasteiger partial charge >= 0.3 is 0 Å². The number of ether oxygens (including phenoxy) is 1. The number of aliphatic hydroxyl groups excluding tert-OH is 1. The number of nitrogens with two attached hydrogens (primary N) is 1. The lowest BCUT2D eigenvalue weighted by Crippen LogP contribution is -2.41. The van der Waals surface area contributed by atoms with E-state index in [9.17, 15) is 0 Å². The molecule has 4 nitrogen and oxygen atoms in total. The highest BCUT2D eigenvalue weighted by Gasteiger charge is 2.23. The van der Waals surface area contributed by atoms with Gasteiger partial charge in [-0.1, -0.05) is 18.6 Å². The Morgan fingerprint density at radius 2 is 1.86 bits per heavy atom. The molecule has 1 saturated carbocycles. The summed E-state index contributed by atoms with van der Waals surface area (Å²) < 4.78 is 5.77. The number of rotatable bonds is 10. The summed E-state index contributed by atoms with van der Waals surface area (Å²) in [7, 11) is 0. The number of aliphatic hydroxyl groups is 1. The first-order chi connectivity index (χ1) is 10.3. The van der Waals surface area contributed by atoms with E-state index >= 15 is 0 Å². The topological polar surface area (TPSA) is 58.7 Å². The third-order valence-electron chi connectivity index (χ3n) is 4.21. The molecule has 118 valence electrons. The van der Waals surface area contributed by atoms with Crippen molar-refractivity contribution in [2.24, 2.45) is 5.73 Å². The minimum absolute atomic E-state index is 0.285. The molecule has 3 N–H and O–H groups in total. The van der Waals surface area contributed by atoms with Crippen molar-refractivity contribution in [3.63, 3.8) is 0 Å². The van der Waals surface area contributed by atoms with E-state index in [0.29, 0.717) is 6.54 Å². The molecule has 21 heavy (non-hydrogen) atoms. The van der Waals surface area contributed by atoms with Crippen molar-refractivity contribution in [3.8, 4) is 5.75 Å². The van der Waals surface area contributed by atoms with Crippen molar-refractivity contribution < 1.29 is 9.84 Å². The highest BCUT2D eigenvalue weighted by Crippen LogP contribution is 2.25. The highest BCUT2D eigenvalue weighted by molar-refractivity contribution is 5.26. The number of hydrogen-bond donors (Lipinski definition) is 2. The zero-order valence-corrected chi connectivity index (χ0v) is 12.8. The molecule has 1 aliphatic carbocycles. The van der Waals surface area contributed by atoms with Crippen LogP contribution in [0.5, 0.6) is 5.75 Å². The van der Waals surface area contributed by atoms with Gasteiger partial charge in [-0.3, -0.25) is 0 Å². The minimum Gasteiger partial charge on any atom is -0.494 e. The molecule has 4 heteroatoms. The average molecular weight is 292 g/mol. The first-order valence-corrected chi connectivity index (χ1v) is 8.10. The van der Waals surface area contributed by atoms with Gasteiger partial charge in [-0.2, -0.15) is 0 Å². The Morgan fingerprint density at radius 3 is 2.43 bits per heavy atom. The molecule has 1 aromatic rings. The van der Waals surface area contributed by atoms with Crippen molar-refractivity contribution in [2.75, 3.05) is 26.3 Å². The Morgan fingerprint density at radius 1 is 1.14 bits per heavy atom. The molecule has 1 fully saturated rings. The van der Waals surface area contributed by atoms with Gasteiger partial charge in [0, 0.05) is 32.3 Å². The second-order valence-corrected chi connectivity index (χ2v) is 5.75. The van der Waals surface area contributed by atoms with Gasteiger partial charge in [0.15, 0.2) is 0 Å². The molecule has 0 aromatic heterocycles. The summed E-state index contributed by atoms with van der Waals surface area (Å²) in [6.07, 6.45) is 5.88. The highest BCUT2D eigenvalue weighted by atomic mass is 16.5. The average Bonchev–Trinajstić information content (AvgIpc) is 2.47. The summed E-state index contributed by atoms with van der Waals surface area (Å²) in [5.41, 5.74) is 6.70. The van der Waals surface area contributed by atoms with Gasteiger partial charge in [0.05, 0.1) is 6.61 Å².